The van der Waals surface area contributed by atoms with Gasteiger partial charge in [0.15, 0.2) is 0 Å². The lowest BCUT2D eigenvalue weighted by Gasteiger charge is -2.13. The molecule has 0 spiro atoms. The first-order valence-electron chi connectivity index (χ1n) is 7.15. The van der Waals surface area contributed by atoms with Gasteiger partial charge >= 0.3 is 0 Å². The molecule has 0 aromatic heterocycles. The second-order valence-electron chi connectivity index (χ2n) is 4.73. The lowest BCUT2D eigenvalue weighted by molar-refractivity contribution is 0.102. The first-order valence-corrected chi connectivity index (χ1v) is 8.63. The van der Waals surface area contributed by atoms with Gasteiger partial charge in [0.1, 0.15) is 11.6 Å². The Morgan fingerprint density at radius 1 is 1.21 bits per heavy atom. The fourth-order valence-corrected chi connectivity index (χ4v) is 2.76. The van der Waals surface area contributed by atoms with Crippen molar-refractivity contribution < 1.29 is 22.3 Å². The number of nitrogens with one attached hydrogen (secondary N) is 2. The van der Waals surface area contributed by atoms with Crippen molar-refractivity contribution in [1.82, 2.24) is 4.72 Å². The zero-order valence-corrected chi connectivity index (χ0v) is 14.0. The van der Waals surface area contributed by atoms with E-state index in [0.29, 0.717) is 6.61 Å². The van der Waals surface area contributed by atoms with Crippen LogP contribution in [0.15, 0.2) is 47.4 Å². The van der Waals surface area contributed by atoms with Crippen LogP contribution in [0.1, 0.15) is 17.3 Å². The first kappa shape index (κ1) is 17.9. The molecule has 0 fully saturated rings. The molecule has 2 rings (SSSR count). The third kappa shape index (κ3) is 3.90. The third-order valence-corrected chi connectivity index (χ3v) is 4.61. The van der Waals surface area contributed by atoms with Crippen LogP contribution < -0.4 is 14.8 Å². The highest BCUT2D eigenvalue weighted by atomic mass is 32.2. The van der Waals surface area contributed by atoms with Crippen molar-refractivity contribution in [2.24, 2.45) is 0 Å². The fraction of sp³-hybridized carbons (Fsp3) is 0.188. The maximum Gasteiger partial charge on any atom is 0.258 e. The molecule has 1 amide bonds. The molecule has 2 aromatic rings. The largest absolute Gasteiger partial charge is 0.492 e. The highest BCUT2D eigenvalue weighted by molar-refractivity contribution is 7.89. The summed E-state index contributed by atoms with van der Waals surface area (Å²) in [6.07, 6.45) is 0. The minimum atomic E-state index is -3.69. The van der Waals surface area contributed by atoms with Crippen LogP contribution in [-0.2, 0) is 10.0 Å². The number of ether oxygens (including phenoxy) is 1. The minimum Gasteiger partial charge on any atom is -0.492 e. The number of halogens is 1. The van der Waals surface area contributed by atoms with E-state index >= 15 is 0 Å². The Morgan fingerprint density at radius 2 is 1.92 bits per heavy atom. The van der Waals surface area contributed by atoms with Gasteiger partial charge in [-0.05, 0) is 44.3 Å². The van der Waals surface area contributed by atoms with Crippen molar-refractivity contribution >= 4 is 21.6 Å². The van der Waals surface area contributed by atoms with Crippen LogP contribution >= 0.6 is 0 Å². The molecule has 0 heterocycles. The zero-order chi connectivity index (χ0) is 17.7. The highest BCUT2D eigenvalue weighted by Crippen LogP contribution is 2.28. The molecule has 0 radical (unpaired) electrons. The van der Waals surface area contributed by atoms with E-state index < -0.39 is 21.7 Å². The van der Waals surface area contributed by atoms with Crippen molar-refractivity contribution in [3.05, 3.63) is 53.8 Å². The van der Waals surface area contributed by atoms with Crippen LogP contribution in [0.5, 0.6) is 5.75 Å². The Kier molecular flexibility index (Phi) is 5.53. The third-order valence-electron chi connectivity index (χ3n) is 3.20. The number of rotatable bonds is 6. The Morgan fingerprint density at radius 3 is 2.54 bits per heavy atom. The van der Waals surface area contributed by atoms with Crippen molar-refractivity contribution in [2.75, 3.05) is 19.0 Å². The van der Waals surface area contributed by atoms with Gasteiger partial charge in [0, 0.05) is 0 Å². The summed E-state index contributed by atoms with van der Waals surface area (Å²) in [6, 6.07) is 9.55. The summed E-state index contributed by atoms with van der Waals surface area (Å²) < 4.78 is 45.1. The molecule has 0 aliphatic heterocycles. The predicted molar refractivity (Wildman–Crippen MR) is 88.2 cm³/mol. The Labute approximate surface area is 139 Å². The fourth-order valence-electron chi connectivity index (χ4n) is 2.01. The van der Waals surface area contributed by atoms with Crippen molar-refractivity contribution in [3.63, 3.8) is 0 Å². The Hall–Kier alpha value is -2.45. The topological polar surface area (TPSA) is 84.5 Å². The van der Waals surface area contributed by atoms with Crippen molar-refractivity contribution in [1.29, 1.82) is 0 Å². The monoisotopic (exact) mass is 352 g/mol. The van der Waals surface area contributed by atoms with Crippen LogP contribution in [0, 0.1) is 5.82 Å². The van der Waals surface area contributed by atoms with Crippen molar-refractivity contribution in [2.45, 2.75) is 11.8 Å². The summed E-state index contributed by atoms with van der Waals surface area (Å²) in [7, 11) is -2.41. The summed E-state index contributed by atoms with van der Waals surface area (Å²) in [5.74, 6) is -1.09. The van der Waals surface area contributed by atoms with Gasteiger partial charge < -0.3 is 10.1 Å². The normalized spacial score (nSPS) is 11.1. The van der Waals surface area contributed by atoms with Crippen LogP contribution in [0.3, 0.4) is 0 Å². The zero-order valence-electron chi connectivity index (χ0n) is 13.2. The molecule has 0 unspecified atom stereocenters. The van der Waals surface area contributed by atoms with Crippen LogP contribution in [0.2, 0.25) is 0 Å². The quantitative estimate of drug-likeness (QED) is 0.836. The molecule has 2 N–H and O–H groups in total. The molecule has 24 heavy (non-hydrogen) atoms. The van der Waals surface area contributed by atoms with Gasteiger partial charge in [0.2, 0.25) is 10.0 Å². The number of carbonyl (C=O) groups excluding carboxylic acids is 1. The molecule has 0 bridgehead atoms. The van der Waals surface area contributed by atoms with Gasteiger partial charge in [0.05, 0.1) is 22.8 Å². The molecule has 128 valence electrons. The molecule has 0 atom stereocenters. The number of sulfonamides is 1. The van der Waals surface area contributed by atoms with E-state index in [4.69, 9.17) is 4.74 Å². The second kappa shape index (κ2) is 7.41. The van der Waals surface area contributed by atoms with Crippen LogP contribution in [-0.4, -0.2) is 28.0 Å². The molecular formula is C16H17FN2O4S. The number of amides is 1. The van der Waals surface area contributed by atoms with Crippen molar-refractivity contribution in [3.8, 4) is 5.75 Å². The van der Waals surface area contributed by atoms with E-state index in [1.807, 2.05) is 0 Å². The summed E-state index contributed by atoms with van der Waals surface area (Å²) in [5.41, 5.74) is -0.0109. The molecule has 0 saturated heterocycles. The standard InChI is InChI=1S/C16H17FN2O4S/c1-3-23-15-9-8-11(24(21,22)18-2)10-14(15)19-16(20)12-6-4-5-7-13(12)17/h4-10,18H,3H2,1-2H3,(H,19,20). The molecule has 8 heteroatoms. The molecule has 0 aliphatic carbocycles. The number of anilines is 1. The molecule has 0 aliphatic rings. The number of hydrogen-bond acceptors (Lipinski definition) is 4. The maximum atomic E-state index is 13.7. The highest BCUT2D eigenvalue weighted by Gasteiger charge is 2.18. The molecule has 0 saturated carbocycles. The van der Waals surface area contributed by atoms with Gasteiger partial charge in [-0.2, -0.15) is 0 Å². The van der Waals surface area contributed by atoms with Gasteiger partial charge in [-0.15, -0.1) is 0 Å². The van der Waals surface area contributed by atoms with Crippen LogP contribution in [0.25, 0.3) is 0 Å². The summed E-state index contributed by atoms with van der Waals surface area (Å²) in [4.78, 5) is 12.2. The van der Waals surface area contributed by atoms with E-state index in [9.17, 15) is 17.6 Å². The lowest BCUT2D eigenvalue weighted by Crippen LogP contribution is -2.19. The van der Waals surface area contributed by atoms with Gasteiger partial charge in [-0.25, -0.2) is 17.5 Å². The molecule has 2 aromatic carbocycles. The smallest absolute Gasteiger partial charge is 0.258 e. The van der Waals surface area contributed by atoms with Gasteiger partial charge in [0.25, 0.3) is 5.91 Å². The van der Waals surface area contributed by atoms with E-state index in [2.05, 4.69) is 10.0 Å². The average Bonchev–Trinajstić information content (AvgIpc) is 2.56. The van der Waals surface area contributed by atoms with E-state index in [-0.39, 0.29) is 21.9 Å². The summed E-state index contributed by atoms with van der Waals surface area (Å²) in [6.45, 7) is 2.07. The molecular weight excluding hydrogens is 335 g/mol. The summed E-state index contributed by atoms with van der Waals surface area (Å²) >= 11 is 0. The Balaban J connectivity index is 2.41. The minimum absolute atomic E-state index is 0.0442. The van der Waals surface area contributed by atoms with Gasteiger partial charge in [-0.1, -0.05) is 12.1 Å². The maximum absolute atomic E-state index is 13.7. The van der Waals surface area contributed by atoms with E-state index in [1.165, 1.54) is 49.5 Å². The van der Waals surface area contributed by atoms with Gasteiger partial charge in [-0.3, -0.25) is 4.79 Å². The second-order valence-corrected chi connectivity index (χ2v) is 6.62. The number of carbonyl (C=O) groups is 1. The SMILES string of the molecule is CCOc1ccc(S(=O)(=O)NC)cc1NC(=O)c1ccccc1F. The lowest BCUT2D eigenvalue weighted by atomic mass is 10.2. The first-order chi connectivity index (χ1) is 11.4. The summed E-state index contributed by atoms with van der Waals surface area (Å²) in [5, 5.41) is 2.49. The Bertz CT molecular complexity index is 853. The van der Waals surface area contributed by atoms with E-state index in [0.717, 1.165) is 0 Å². The predicted octanol–water partition coefficient (Wildman–Crippen LogP) is 2.38. The van der Waals surface area contributed by atoms with Crippen LogP contribution in [0.4, 0.5) is 10.1 Å². The van der Waals surface area contributed by atoms with E-state index in [1.54, 1.807) is 6.92 Å². The number of benzene rings is 2. The number of hydrogen-bond donors (Lipinski definition) is 2. The average molecular weight is 352 g/mol. The molecule has 6 nitrogen and oxygen atoms in total.